The molecule has 0 bridgehead atoms. The summed E-state index contributed by atoms with van der Waals surface area (Å²) >= 11 is 0. The SMILES string of the molecule is Oc1cccc(C(O)CNCCc2ccccc2)c1. The normalized spacial score (nSPS) is 12.3. The molecule has 0 heterocycles. The molecule has 2 rings (SSSR count). The summed E-state index contributed by atoms with van der Waals surface area (Å²) in [6, 6.07) is 17.0. The molecule has 0 saturated heterocycles. The number of hydrogen-bond acceptors (Lipinski definition) is 3. The summed E-state index contributed by atoms with van der Waals surface area (Å²) in [5, 5.41) is 22.5. The molecule has 1 atom stereocenters. The van der Waals surface area contributed by atoms with E-state index in [1.54, 1.807) is 18.2 Å². The van der Waals surface area contributed by atoms with Crippen molar-refractivity contribution in [2.24, 2.45) is 0 Å². The molecule has 0 aliphatic heterocycles. The third-order valence-electron chi connectivity index (χ3n) is 3.03. The van der Waals surface area contributed by atoms with Crippen LogP contribution in [0.15, 0.2) is 54.6 Å². The lowest BCUT2D eigenvalue weighted by atomic mass is 10.1. The van der Waals surface area contributed by atoms with Crippen LogP contribution in [0.1, 0.15) is 17.2 Å². The summed E-state index contributed by atoms with van der Waals surface area (Å²) in [7, 11) is 0. The van der Waals surface area contributed by atoms with Crippen molar-refractivity contribution in [3.8, 4) is 5.75 Å². The first-order valence-corrected chi connectivity index (χ1v) is 6.47. The lowest BCUT2D eigenvalue weighted by Crippen LogP contribution is -2.23. The van der Waals surface area contributed by atoms with Crippen molar-refractivity contribution in [3.63, 3.8) is 0 Å². The fourth-order valence-electron chi connectivity index (χ4n) is 1.97. The molecule has 0 amide bonds. The summed E-state index contributed by atoms with van der Waals surface area (Å²) in [6.45, 7) is 1.30. The van der Waals surface area contributed by atoms with Gasteiger partial charge in [0.05, 0.1) is 6.10 Å². The van der Waals surface area contributed by atoms with Crippen molar-refractivity contribution in [1.82, 2.24) is 5.32 Å². The molecule has 0 spiro atoms. The van der Waals surface area contributed by atoms with Gasteiger partial charge in [-0.3, -0.25) is 0 Å². The Morgan fingerprint density at radius 1 is 1.00 bits per heavy atom. The zero-order valence-electron chi connectivity index (χ0n) is 10.8. The van der Waals surface area contributed by atoms with Crippen LogP contribution in [-0.4, -0.2) is 23.3 Å². The van der Waals surface area contributed by atoms with Gasteiger partial charge in [0.1, 0.15) is 5.75 Å². The van der Waals surface area contributed by atoms with Gasteiger partial charge in [-0.15, -0.1) is 0 Å². The summed E-state index contributed by atoms with van der Waals surface area (Å²) in [5.41, 5.74) is 2.01. The van der Waals surface area contributed by atoms with Gasteiger partial charge >= 0.3 is 0 Å². The van der Waals surface area contributed by atoms with Crippen LogP contribution in [0, 0.1) is 0 Å². The molecule has 19 heavy (non-hydrogen) atoms. The van der Waals surface area contributed by atoms with Gasteiger partial charge < -0.3 is 15.5 Å². The van der Waals surface area contributed by atoms with Crippen LogP contribution in [0.5, 0.6) is 5.75 Å². The second kappa shape index (κ2) is 6.92. The largest absolute Gasteiger partial charge is 0.508 e. The molecule has 2 aromatic rings. The van der Waals surface area contributed by atoms with Crippen molar-refractivity contribution < 1.29 is 10.2 Å². The molecule has 3 heteroatoms. The topological polar surface area (TPSA) is 52.5 Å². The van der Waals surface area contributed by atoms with Crippen molar-refractivity contribution in [2.75, 3.05) is 13.1 Å². The highest BCUT2D eigenvalue weighted by molar-refractivity contribution is 5.28. The Bertz CT molecular complexity index is 499. The Hall–Kier alpha value is -1.84. The zero-order chi connectivity index (χ0) is 13.5. The van der Waals surface area contributed by atoms with Gasteiger partial charge in [-0.1, -0.05) is 42.5 Å². The monoisotopic (exact) mass is 257 g/mol. The minimum Gasteiger partial charge on any atom is -0.508 e. The summed E-state index contributed by atoms with van der Waals surface area (Å²) < 4.78 is 0. The number of phenols is 1. The number of phenolic OH excluding ortho intramolecular Hbond substituents is 1. The maximum Gasteiger partial charge on any atom is 0.115 e. The number of benzene rings is 2. The average molecular weight is 257 g/mol. The van der Waals surface area contributed by atoms with Gasteiger partial charge in [0, 0.05) is 6.54 Å². The van der Waals surface area contributed by atoms with E-state index in [1.165, 1.54) is 5.56 Å². The second-order valence-electron chi connectivity index (χ2n) is 4.55. The van der Waals surface area contributed by atoms with E-state index in [0.717, 1.165) is 18.5 Å². The second-order valence-corrected chi connectivity index (χ2v) is 4.55. The number of aliphatic hydroxyl groups is 1. The standard InChI is InChI=1S/C16H19NO2/c18-15-8-4-7-14(11-15)16(19)12-17-10-9-13-5-2-1-3-6-13/h1-8,11,16-19H,9-10,12H2. The predicted octanol–water partition coefficient (Wildman–Crippen LogP) is 2.26. The summed E-state index contributed by atoms with van der Waals surface area (Å²) in [4.78, 5) is 0. The highest BCUT2D eigenvalue weighted by atomic mass is 16.3. The van der Waals surface area contributed by atoms with Crippen LogP contribution < -0.4 is 5.32 Å². The third-order valence-corrected chi connectivity index (χ3v) is 3.03. The van der Waals surface area contributed by atoms with Gasteiger partial charge in [-0.2, -0.15) is 0 Å². The minimum absolute atomic E-state index is 0.181. The van der Waals surface area contributed by atoms with E-state index < -0.39 is 6.10 Å². The van der Waals surface area contributed by atoms with Crippen LogP contribution in [0.4, 0.5) is 0 Å². The lowest BCUT2D eigenvalue weighted by Gasteiger charge is -2.12. The fraction of sp³-hybridized carbons (Fsp3) is 0.250. The molecule has 3 N–H and O–H groups in total. The van der Waals surface area contributed by atoms with Gasteiger partial charge in [0.2, 0.25) is 0 Å². The minimum atomic E-state index is -0.595. The highest BCUT2D eigenvalue weighted by Crippen LogP contribution is 2.17. The molecule has 0 saturated carbocycles. The Morgan fingerprint density at radius 3 is 2.53 bits per heavy atom. The van der Waals surface area contributed by atoms with Crippen molar-refractivity contribution in [3.05, 3.63) is 65.7 Å². The maximum absolute atomic E-state index is 9.97. The van der Waals surface area contributed by atoms with Crippen LogP contribution in [-0.2, 0) is 6.42 Å². The molecule has 2 aromatic carbocycles. The predicted molar refractivity (Wildman–Crippen MR) is 76.1 cm³/mol. The molecule has 0 fully saturated rings. The van der Waals surface area contributed by atoms with Gasteiger partial charge in [0.25, 0.3) is 0 Å². The number of hydrogen-bond donors (Lipinski definition) is 3. The Kier molecular flexibility index (Phi) is 4.95. The van der Waals surface area contributed by atoms with E-state index in [-0.39, 0.29) is 5.75 Å². The molecule has 0 aliphatic rings. The van der Waals surface area contributed by atoms with E-state index in [2.05, 4.69) is 17.4 Å². The molecular weight excluding hydrogens is 238 g/mol. The number of aromatic hydroxyl groups is 1. The van der Waals surface area contributed by atoms with E-state index in [4.69, 9.17) is 0 Å². The van der Waals surface area contributed by atoms with Crippen LogP contribution in [0.2, 0.25) is 0 Å². The van der Waals surface area contributed by atoms with Crippen LogP contribution >= 0.6 is 0 Å². The van der Waals surface area contributed by atoms with Crippen molar-refractivity contribution in [2.45, 2.75) is 12.5 Å². The lowest BCUT2D eigenvalue weighted by molar-refractivity contribution is 0.175. The third kappa shape index (κ3) is 4.39. The molecule has 3 nitrogen and oxygen atoms in total. The van der Waals surface area contributed by atoms with Crippen molar-refractivity contribution in [1.29, 1.82) is 0 Å². The number of nitrogens with one attached hydrogen (secondary N) is 1. The molecule has 0 radical (unpaired) electrons. The first kappa shape index (κ1) is 13.6. The Balaban J connectivity index is 1.74. The zero-order valence-corrected chi connectivity index (χ0v) is 10.8. The van der Waals surface area contributed by atoms with Gasteiger partial charge in [0.15, 0.2) is 0 Å². The fourth-order valence-corrected chi connectivity index (χ4v) is 1.97. The van der Waals surface area contributed by atoms with E-state index in [9.17, 15) is 10.2 Å². The molecule has 1 unspecified atom stereocenters. The van der Waals surface area contributed by atoms with E-state index >= 15 is 0 Å². The average Bonchev–Trinajstić information content (AvgIpc) is 2.44. The van der Waals surface area contributed by atoms with Gasteiger partial charge in [-0.25, -0.2) is 0 Å². The first-order chi connectivity index (χ1) is 9.25. The quantitative estimate of drug-likeness (QED) is 0.696. The van der Waals surface area contributed by atoms with Crippen LogP contribution in [0.3, 0.4) is 0 Å². The Morgan fingerprint density at radius 2 is 1.79 bits per heavy atom. The van der Waals surface area contributed by atoms with E-state index in [1.807, 2.05) is 24.3 Å². The number of rotatable bonds is 6. The number of aliphatic hydroxyl groups excluding tert-OH is 1. The summed E-state index contributed by atoms with van der Waals surface area (Å²) in [5.74, 6) is 0.181. The Labute approximate surface area is 113 Å². The van der Waals surface area contributed by atoms with E-state index in [0.29, 0.717) is 6.54 Å². The molecule has 100 valence electrons. The van der Waals surface area contributed by atoms with Crippen LogP contribution in [0.25, 0.3) is 0 Å². The molecule has 0 aromatic heterocycles. The van der Waals surface area contributed by atoms with Crippen molar-refractivity contribution >= 4 is 0 Å². The summed E-state index contributed by atoms with van der Waals surface area (Å²) in [6.07, 6.45) is 0.344. The first-order valence-electron chi connectivity index (χ1n) is 6.47. The van der Waals surface area contributed by atoms with Gasteiger partial charge in [-0.05, 0) is 36.2 Å². The molecular formula is C16H19NO2. The maximum atomic E-state index is 9.97. The highest BCUT2D eigenvalue weighted by Gasteiger charge is 2.07. The smallest absolute Gasteiger partial charge is 0.115 e. The molecule has 0 aliphatic carbocycles.